The van der Waals surface area contributed by atoms with E-state index in [1.165, 1.54) is 0 Å². The molecule has 1 aliphatic heterocycles. The van der Waals surface area contributed by atoms with Gasteiger partial charge < -0.3 is 14.9 Å². The van der Waals surface area contributed by atoms with Gasteiger partial charge in [0, 0.05) is 31.9 Å². The van der Waals surface area contributed by atoms with Gasteiger partial charge in [-0.15, -0.1) is 0 Å². The smallest absolute Gasteiger partial charge is 0.350 e. The zero-order valence-electron chi connectivity index (χ0n) is 16.9. The standard InChI is InChI=1S/C22H27N5O2/c1-3-17(2)27-22(29)26(16-23-27)21-7-5-4-6-20(21)25-14-12-24(13-15-25)18-8-10-19(28)11-9-18/h4-11,16-17,28H,3,12-15H2,1-2H3. The summed E-state index contributed by atoms with van der Waals surface area (Å²) in [5.74, 6) is 0.282. The molecule has 2 aromatic carbocycles. The zero-order chi connectivity index (χ0) is 20.4. The van der Waals surface area contributed by atoms with Crippen molar-refractivity contribution >= 4 is 11.4 Å². The molecular weight excluding hydrogens is 366 g/mol. The van der Waals surface area contributed by atoms with Crippen molar-refractivity contribution in [2.45, 2.75) is 26.3 Å². The minimum atomic E-state index is -0.102. The van der Waals surface area contributed by atoms with Gasteiger partial charge in [-0.25, -0.2) is 14.0 Å². The highest BCUT2D eigenvalue weighted by atomic mass is 16.3. The fourth-order valence-corrected chi connectivity index (χ4v) is 3.76. The Hall–Kier alpha value is -3.22. The van der Waals surface area contributed by atoms with Crippen LogP contribution in [0.2, 0.25) is 0 Å². The highest BCUT2D eigenvalue weighted by molar-refractivity contribution is 5.64. The molecule has 7 nitrogen and oxygen atoms in total. The number of aromatic hydroxyl groups is 1. The molecule has 0 amide bonds. The third-order valence-corrected chi connectivity index (χ3v) is 5.68. The summed E-state index contributed by atoms with van der Waals surface area (Å²) in [7, 11) is 0. The fourth-order valence-electron chi connectivity index (χ4n) is 3.76. The molecule has 1 saturated heterocycles. The molecule has 1 unspecified atom stereocenters. The van der Waals surface area contributed by atoms with Crippen LogP contribution in [0.5, 0.6) is 5.75 Å². The molecule has 0 spiro atoms. The first-order valence-corrected chi connectivity index (χ1v) is 10.1. The summed E-state index contributed by atoms with van der Waals surface area (Å²) in [4.78, 5) is 17.5. The van der Waals surface area contributed by atoms with Crippen molar-refractivity contribution in [3.8, 4) is 11.4 Å². The van der Waals surface area contributed by atoms with Gasteiger partial charge in [-0.05, 0) is 49.7 Å². The van der Waals surface area contributed by atoms with Gasteiger partial charge in [0.25, 0.3) is 0 Å². The lowest BCUT2D eigenvalue weighted by molar-refractivity contribution is 0.460. The van der Waals surface area contributed by atoms with E-state index in [9.17, 15) is 9.90 Å². The second-order valence-electron chi connectivity index (χ2n) is 7.46. The Morgan fingerprint density at radius 1 is 0.966 bits per heavy atom. The van der Waals surface area contributed by atoms with E-state index >= 15 is 0 Å². The van der Waals surface area contributed by atoms with Gasteiger partial charge in [-0.3, -0.25) is 0 Å². The monoisotopic (exact) mass is 393 g/mol. The molecule has 0 aliphatic carbocycles. The van der Waals surface area contributed by atoms with Gasteiger partial charge in [-0.1, -0.05) is 19.1 Å². The first-order chi connectivity index (χ1) is 14.1. The maximum Gasteiger partial charge on any atom is 0.350 e. The molecule has 1 aliphatic rings. The second-order valence-corrected chi connectivity index (χ2v) is 7.46. The van der Waals surface area contributed by atoms with Crippen LogP contribution < -0.4 is 15.5 Å². The van der Waals surface area contributed by atoms with Gasteiger partial charge in [-0.2, -0.15) is 5.10 Å². The van der Waals surface area contributed by atoms with Crippen LogP contribution in [0, 0.1) is 0 Å². The van der Waals surface area contributed by atoms with E-state index in [4.69, 9.17) is 0 Å². The molecule has 0 saturated carbocycles. The first kappa shape index (κ1) is 19.1. The van der Waals surface area contributed by atoms with E-state index in [1.54, 1.807) is 27.7 Å². The van der Waals surface area contributed by atoms with Gasteiger partial charge in [0.05, 0.1) is 17.4 Å². The lowest BCUT2D eigenvalue weighted by atomic mass is 10.2. The van der Waals surface area contributed by atoms with Crippen molar-refractivity contribution in [3.05, 3.63) is 65.3 Å². The van der Waals surface area contributed by atoms with Crippen molar-refractivity contribution in [1.29, 1.82) is 0 Å². The number of anilines is 2. The average molecular weight is 393 g/mol. The van der Waals surface area contributed by atoms with Crippen LogP contribution in [0.15, 0.2) is 59.7 Å². The second kappa shape index (κ2) is 8.03. The number of phenolic OH excluding ortho intramolecular Hbond substituents is 1. The quantitative estimate of drug-likeness (QED) is 0.722. The molecule has 2 heterocycles. The summed E-state index contributed by atoms with van der Waals surface area (Å²) in [6.07, 6.45) is 2.48. The number of para-hydroxylation sites is 2. The number of hydrogen-bond acceptors (Lipinski definition) is 5. The Balaban J connectivity index is 1.56. The summed E-state index contributed by atoms with van der Waals surface area (Å²) < 4.78 is 3.20. The molecule has 0 bridgehead atoms. The van der Waals surface area contributed by atoms with E-state index in [0.717, 1.165) is 49.7 Å². The van der Waals surface area contributed by atoms with Gasteiger partial charge in [0.15, 0.2) is 0 Å². The molecular formula is C22H27N5O2. The van der Waals surface area contributed by atoms with Crippen LogP contribution in [-0.4, -0.2) is 45.6 Å². The van der Waals surface area contributed by atoms with Gasteiger partial charge >= 0.3 is 5.69 Å². The third-order valence-electron chi connectivity index (χ3n) is 5.68. The predicted octanol–water partition coefficient (Wildman–Crippen LogP) is 3.04. The zero-order valence-corrected chi connectivity index (χ0v) is 16.9. The normalized spacial score (nSPS) is 15.5. The lowest BCUT2D eigenvalue weighted by Gasteiger charge is -2.38. The first-order valence-electron chi connectivity index (χ1n) is 10.1. The van der Waals surface area contributed by atoms with Gasteiger partial charge in [0.1, 0.15) is 12.1 Å². The SMILES string of the molecule is CCC(C)n1ncn(-c2ccccc2N2CCN(c3ccc(O)cc3)CC2)c1=O. The Labute approximate surface area is 170 Å². The predicted molar refractivity (Wildman–Crippen MR) is 115 cm³/mol. The van der Waals surface area contributed by atoms with Crippen molar-refractivity contribution in [2.75, 3.05) is 36.0 Å². The van der Waals surface area contributed by atoms with Crippen LogP contribution >= 0.6 is 0 Å². The van der Waals surface area contributed by atoms with E-state index < -0.39 is 0 Å². The summed E-state index contributed by atoms with van der Waals surface area (Å²) in [5.41, 5.74) is 2.92. The number of phenols is 1. The van der Waals surface area contributed by atoms with E-state index in [0.29, 0.717) is 0 Å². The van der Waals surface area contributed by atoms with Crippen molar-refractivity contribution in [2.24, 2.45) is 0 Å². The number of benzene rings is 2. The number of rotatable bonds is 5. The molecule has 0 radical (unpaired) electrons. The molecule has 1 fully saturated rings. The van der Waals surface area contributed by atoms with E-state index in [-0.39, 0.29) is 17.5 Å². The molecule has 3 aromatic rings. The molecule has 4 rings (SSSR count). The Morgan fingerprint density at radius 3 is 2.24 bits per heavy atom. The Bertz CT molecular complexity index is 1020. The summed E-state index contributed by atoms with van der Waals surface area (Å²) in [5, 5.41) is 13.8. The van der Waals surface area contributed by atoms with Gasteiger partial charge in [0.2, 0.25) is 0 Å². The number of nitrogens with zero attached hydrogens (tertiary/aromatic N) is 5. The van der Waals surface area contributed by atoms with Crippen LogP contribution in [-0.2, 0) is 0 Å². The summed E-state index contributed by atoms with van der Waals surface area (Å²) in [6.45, 7) is 7.52. The van der Waals surface area contributed by atoms with Crippen LogP contribution in [0.4, 0.5) is 11.4 Å². The maximum atomic E-state index is 12.9. The highest BCUT2D eigenvalue weighted by Crippen LogP contribution is 2.26. The van der Waals surface area contributed by atoms with Crippen molar-refractivity contribution in [1.82, 2.24) is 14.3 Å². The fraction of sp³-hybridized carbons (Fsp3) is 0.364. The minimum absolute atomic E-state index is 0.0739. The van der Waals surface area contributed by atoms with Crippen molar-refractivity contribution in [3.63, 3.8) is 0 Å². The number of aromatic nitrogens is 3. The number of piperazine rings is 1. The molecule has 1 aromatic heterocycles. The van der Waals surface area contributed by atoms with E-state index in [1.807, 2.05) is 37.3 Å². The Kier molecular flexibility index (Phi) is 5.29. The van der Waals surface area contributed by atoms with Crippen molar-refractivity contribution < 1.29 is 5.11 Å². The largest absolute Gasteiger partial charge is 0.508 e. The Morgan fingerprint density at radius 2 is 1.59 bits per heavy atom. The molecule has 29 heavy (non-hydrogen) atoms. The molecule has 152 valence electrons. The maximum absolute atomic E-state index is 12.9. The lowest BCUT2D eigenvalue weighted by Crippen LogP contribution is -2.47. The van der Waals surface area contributed by atoms with Crippen LogP contribution in [0.25, 0.3) is 5.69 Å². The molecule has 1 atom stereocenters. The van der Waals surface area contributed by atoms with Crippen LogP contribution in [0.3, 0.4) is 0 Å². The molecule has 1 N–H and O–H groups in total. The highest BCUT2D eigenvalue weighted by Gasteiger charge is 2.21. The molecule has 7 heteroatoms. The minimum Gasteiger partial charge on any atom is -0.508 e. The average Bonchev–Trinajstić information content (AvgIpc) is 3.15. The summed E-state index contributed by atoms with van der Waals surface area (Å²) in [6, 6.07) is 15.4. The van der Waals surface area contributed by atoms with E-state index in [2.05, 4.69) is 27.9 Å². The third kappa shape index (κ3) is 3.72. The summed E-state index contributed by atoms with van der Waals surface area (Å²) >= 11 is 0. The van der Waals surface area contributed by atoms with Crippen LogP contribution in [0.1, 0.15) is 26.3 Å². The number of hydrogen-bond donors (Lipinski definition) is 1. The topological polar surface area (TPSA) is 66.5 Å².